The largest absolute Gasteiger partial charge is 0.416 e. The van der Waals surface area contributed by atoms with Crippen molar-refractivity contribution in [2.45, 2.75) is 78.8 Å². The van der Waals surface area contributed by atoms with Crippen LogP contribution >= 0.6 is 0 Å². The predicted molar refractivity (Wildman–Crippen MR) is 102 cm³/mol. The monoisotopic (exact) mass is 324 g/mol. The molecular weight excluding hydrogens is 288 g/mol. The summed E-state index contributed by atoms with van der Waals surface area (Å²) in [5.41, 5.74) is 4.73. The highest BCUT2D eigenvalue weighted by molar-refractivity contribution is 6.83. The van der Waals surface area contributed by atoms with Crippen molar-refractivity contribution in [2.75, 3.05) is 6.61 Å². The lowest BCUT2D eigenvalue weighted by Crippen LogP contribution is -2.41. The van der Waals surface area contributed by atoms with Gasteiger partial charge in [-0.2, -0.15) is 0 Å². The Labute approximate surface area is 135 Å². The van der Waals surface area contributed by atoms with Gasteiger partial charge in [-0.15, -0.1) is 5.54 Å². The first kappa shape index (κ1) is 20.7. The van der Waals surface area contributed by atoms with Crippen LogP contribution in [0.4, 0.5) is 0 Å². The average Bonchev–Trinajstić information content (AvgIpc) is 2.29. The third-order valence-electron chi connectivity index (χ3n) is 3.98. The van der Waals surface area contributed by atoms with Crippen LogP contribution in [0.5, 0.6) is 0 Å². The molecule has 0 aromatic heterocycles. The van der Waals surface area contributed by atoms with Crippen LogP contribution in [0.2, 0.25) is 37.8 Å². The van der Waals surface area contributed by atoms with Gasteiger partial charge in [-0.05, 0) is 36.0 Å². The Morgan fingerprint density at radius 3 is 2.05 bits per heavy atom. The number of hydrogen-bond acceptors (Lipinski definition) is 1. The van der Waals surface area contributed by atoms with Gasteiger partial charge in [0.15, 0.2) is 8.32 Å². The maximum absolute atomic E-state index is 6.30. The molecule has 3 heteroatoms. The molecule has 0 aliphatic rings. The van der Waals surface area contributed by atoms with Gasteiger partial charge in [0.05, 0.1) is 0 Å². The number of rotatable bonds is 5. The van der Waals surface area contributed by atoms with Crippen molar-refractivity contribution in [1.82, 2.24) is 0 Å². The van der Waals surface area contributed by atoms with Crippen LogP contribution in [0.25, 0.3) is 0 Å². The van der Waals surface area contributed by atoms with Crippen molar-refractivity contribution in [2.24, 2.45) is 5.92 Å². The standard InChI is InChI=1S/C18H36OSi2/c1-11-17(12-13-20(6,7)8)14-16(2)15-19-21(9,10)18(3,4)5/h14,16H,11,15H2,1-10H3/b17-14+/t16-/m1/s1. The van der Waals surface area contributed by atoms with Crippen molar-refractivity contribution in [3.63, 3.8) is 0 Å². The molecule has 0 spiro atoms. The van der Waals surface area contributed by atoms with Gasteiger partial charge in [-0.3, -0.25) is 0 Å². The summed E-state index contributed by atoms with van der Waals surface area (Å²) >= 11 is 0. The summed E-state index contributed by atoms with van der Waals surface area (Å²) in [5, 5.41) is 0.279. The first-order valence-electron chi connectivity index (χ1n) is 8.16. The predicted octanol–water partition coefficient (Wildman–Crippen LogP) is 5.86. The molecule has 0 amide bonds. The van der Waals surface area contributed by atoms with Gasteiger partial charge in [-0.1, -0.05) is 66.3 Å². The van der Waals surface area contributed by atoms with Gasteiger partial charge < -0.3 is 4.43 Å². The minimum Gasteiger partial charge on any atom is -0.416 e. The Balaban J connectivity index is 4.75. The van der Waals surface area contributed by atoms with E-state index >= 15 is 0 Å². The van der Waals surface area contributed by atoms with Crippen LogP contribution in [-0.4, -0.2) is 23.0 Å². The molecule has 0 bridgehead atoms. The van der Waals surface area contributed by atoms with E-state index in [0.29, 0.717) is 5.92 Å². The summed E-state index contributed by atoms with van der Waals surface area (Å²) in [6.07, 6.45) is 3.32. The molecular formula is C18H36OSi2. The molecule has 0 saturated carbocycles. The summed E-state index contributed by atoms with van der Waals surface area (Å²) < 4.78 is 6.30. The normalized spacial score (nSPS) is 15.4. The van der Waals surface area contributed by atoms with Crippen molar-refractivity contribution in [3.05, 3.63) is 11.6 Å². The second-order valence-electron chi connectivity index (χ2n) is 8.59. The van der Waals surface area contributed by atoms with Gasteiger partial charge in [0.2, 0.25) is 0 Å². The molecule has 122 valence electrons. The Morgan fingerprint density at radius 2 is 1.67 bits per heavy atom. The molecule has 0 radical (unpaired) electrons. The Bertz CT molecular complexity index is 411. The summed E-state index contributed by atoms with van der Waals surface area (Å²) in [6.45, 7) is 23.6. The molecule has 0 aromatic rings. The van der Waals surface area contributed by atoms with E-state index in [9.17, 15) is 0 Å². The van der Waals surface area contributed by atoms with Gasteiger partial charge in [0.1, 0.15) is 8.07 Å². The summed E-state index contributed by atoms with van der Waals surface area (Å²) in [4.78, 5) is 0. The zero-order chi connectivity index (χ0) is 16.9. The lowest BCUT2D eigenvalue weighted by atomic mass is 10.1. The van der Waals surface area contributed by atoms with E-state index in [1.807, 2.05) is 0 Å². The van der Waals surface area contributed by atoms with Crippen LogP contribution in [-0.2, 0) is 4.43 Å². The zero-order valence-electron chi connectivity index (χ0n) is 16.0. The fourth-order valence-electron chi connectivity index (χ4n) is 1.46. The SMILES string of the molecule is CC/C(C#C[Si](C)(C)C)=C\[C@@H](C)CO[Si](C)(C)C(C)(C)C. The van der Waals surface area contributed by atoms with Crippen LogP contribution in [0.3, 0.4) is 0 Å². The zero-order valence-corrected chi connectivity index (χ0v) is 18.0. The first-order valence-corrected chi connectivity index (χ1v) is 14.6. The van der Waals surface area contributed by atoms with E-state index in [2.05, 4.69) is 84.9 Å². The van der Waals surface area contributed by atoms with E-state index in [1.54, 1.807) is 0 Å². The summed E-state index contributed by atoms with van der Waals surface area (Å²) in [6, 6.07) is 0. The molecule has 0 N–H and O–H groups in total. The number of hydrogen-bond donors (Lipinski definition) is 0. The Kier molecular flexibility index (Phi) is 7.69. The first-order chi connectivity index (χ1) is 9.28. The lowest BCUT2D eigenvalue weighted by Gasteiger charge is -2.36. The van der Waals surface area contributed by atoms with E-state index in [0.717, 1.165) is 13.0 Å². The van der Waals surface area contributed by atoms with Crippen LogP contribution in [0.1, 0.15) is 41.0 Å². The second-order valence-corrected chi connectivity index (χ2v) is 18.2. The maximum Gasteiger partial charge on any atom is 0.192 e. The third-order valence-corrected chi connectivity index (χ3v) is 9.35. The molecule has 0 aliphatic heterocycles. The van der Waals surface area contributed by atoms with Crippen LogP contribution < -0.4 is 0 Å². The second kappa shape index (κ2) is 7.81. The Morgan fingerprint density at radius 1 is 1.14 bits per heavy atom. The Hall–Kier alpha value is -0.306. The van der Waals surface area contributed by atoms with Crippen molar-refractivity contribution in [1.29, 1.82) is 0 Å². The van der Waals surface area contributed by atoms with Gasteiger partial charge in [-0.25, -0.2) is 0 Å². The topological polar surface area (TPSA) is 9.23 Å². The molecule has 1 atom stereocenters. The molecule has 0 rings (SSSR count). The fraction of sp³-hybridized carbons (Fsp3) is 0.778. The molecule has 0 aliphatic carbocycles. The molecule has 0 saturated heterocycles. The maximum atomic E-state index is 6.30. The van der Waals surface area contributed by atoms with Gasteiger partial charge in [0.25, 0.3) is 0 Å². The molecule has 0 unspecified atom stereocenters. The molecule has 0 heterocycles. The fourth-order valence-corrected chi connectivity index (χ4v) is 3.11. The quantitative estimate of drug-likeness (QED) is 0.454. The highest BCUT2D eigenvalue weighted by Gasteiger charge is 2.37. The summed E-state index contributed by atoms with van der Waals surface area (Å²) in [7, 11) is -2.92. The molecule has 0 fully saturated rings. The van der Waals surface area contributed by atoms with Crippen molar-refractivity contribution >= 4 is 16.4 Å². The van der Waals surface area contributed by atoms with E-state index in [-0.39, 0.29) is 5.04 Å². The smallest absolute Gasteiger partial charge is 0.192 e. The van der Waals surface area contributed by atoms with Crippen molar-refractivity contribution in [3.8, 4) is 11.5 Å². The van der Waals surface area contributed by atoms with Crippen LogP contribution in [0, 0.1) is 17.4 Å². The summed E-state index contributed by atoms with van der Waals surface area (Å²) in [5.74, 6) is 3.83. The molecule has 21 heavy (non-hydrogen) atoms. The molecule has 0 aromatic carbocycles. The van der Waals surface area contributed by atoms with Crippen molar-refractivity contribution < 1.29 is 4.43 Å². The highest BCUT2D eigenvalue weighted by Crippen LogP contribution is 2.36. The van der Waals surface area contributed by atoms with Gasteiger partial charge in [0, 0.05) is 6.61 Å². The highest BCUT2D eigenvalue weighted by atomic mass is 28.4. The van der Waals surface area contributed by atoms with E-state index < -0.39 is 16.4 Å². The van der Waals surface area contributed by atoms with E-state index in [4.69, 9.17) is 4.43 Å². The third kappa shape index (κ3) is 8.65. The number of allylic oxidation sites excluding steroid dienone is 1. The molecule has 1 nitrogen and oxygen atoms in total. The lowest BCUT2D eigenvalue weighted by molar-refractivity contribution is 0.259. The van der Waals surface area contributed by atoms with E-state index in [1.165, 1.54) is 5.57 Å². The average molecular weight is 325 g/mol. The van der Waals surface area contributed by atoms with Crippen LogP contribution in [0.15, 0.2) is 11.6 Å². The van der Waals surface area contributed by atoms with Gasteiger partial charge >= 0.3 is 0 Å². The minimum atomic E-state index is -1.64. The minimum absolute atomic E-state index is 0.279.